The fraction of sp³-hybridized carbons (Fsp3) is 0.562. The fourth-order valence-corrected chi connectivity index (χ4v) is 3.89. The summed E-state index contributed by atoms with van der Waals surface area (Å²) in [5.41, 5.74) is 0.624. The molecule has 1 fully saturated rings. The van der Waals surface area contributed by atoms with Crippen molar-refractivity contribution in [1.29, 1.82) is 5.26 Å². The largest absolute Gasteiger partial charge is 0.491 e. The molecule has 3 heteroatoms. The van der Waals surface area contributed by atoms with Gasteiger partial charge in [-0.2, -0.15) is 17.0 Å². The number of hydrogen-bond donors (Lipinski definition) is 0. The third-order valence-corrected chi connectivity index (χ3v) is 4.89. The summed E-state index contributed by atoms with van der Waals surface area (Å²) in [6.07, 6.45) is 5.46. The topological polar surface area (TPSA) is 33.0 Å². The average Bonchev–Trinajstić information content (AvgIpc) is 2.44. The van der Waals surface area contributed by atoms with E-state index in [4.69, 9.17) is 10.00 Å². The van der Waals surface area contributed by atoms with E-state index >= 15 is 0 Å². The molecule has 1 aromatic rings. The van der Waals surface area contributed by atoms with Crippen molar-refractivity contribution in [2.24, 2.45) is 5.92 Å². The molecule has 0 heterocycles. The molecule has 2 unspecified atom stereocenters. The summed E-state index contributed by atoms with van der Waals surface area (Å²) >= 11 is 2.03. The minimum absolute atomic E-state index is 0.624. The maximum Gasteiger partial charge on any atom is 0.137 e. The first-order chi connectivity index (χ1) is 9.29. The molecule has 102 valence electrons. The summed E-state index contributed by atoms with van der Waals surface area (Å²) in [6.45, 7) is 3.04. The number of nitriles is 1. The van der Waals surface area contributed by atoms with Crippen LogP contribution in [-0.4, -0.2) is 17.6 Å². The van der Waals surface area contributed by atoms with Crippen molar-refractivity contribution in [3.8, 4) is 11.8 Å². The van der Waals surface area contributed by atoms with Gasteiger partial charge in [0.2, 0.25) is 0 Å². The Morgan fingerprint density at radius 1 is 1.37 bits per heavy atom. The van der Waals surface area contributed by atoms with Gasteiger partial charge in [-0.05, 0) is 30.9 Å². The van der Waals surface area contributed by atoms with Crippen molar-refractivity contribution in [1.82, 2.24) is 0 Å². The lowest BCUT2D eigenvalue weighted by Gasteiger charge is -2.26. The van der Waals surface area contributed by atoms with Crippen LogP contribution < -0.4 is 4.74 Å². The van der Waals surface area contributed by atoms with Gasteiger partial charge in [0, 0.05) is 11.0 Å². The zero-order chi connectivity index (χ0) is 13.5. The number of hydrogen-bond acceptors (Lipinski definition) is 3. The Hall–Kier alpha value is -1.14. The Morgan fingerprint density at radius 3 is 3.00 bits per heavy atom. The zero-order valence-corrected chi connectivity index (χ0v) is 12.3. The van der Waals surface area contributed by atoms with E-state index in [9.17, 15) is 0 Å². The number of para-hydroxylation sites is 1. The first-order valence-electron chi connectivity index (χ1n) is 7.03. The lowest BCUT2D eigenvalue weighted by molar-refractivity contribution is 0.341. The molecule has 0 amide bonds. The molecule has 2 atom stereocenters. The standard InChI is InChI=1S/C16H21NOS/c1-13-5-4-7-15(11-13)19-10-9-18-16-8-3-2-6-14(16)12-17/h2-3,6,8,13,15H,4-5,7,9-11H2,1H3. The molecular weight excluding hydrogens is 254 g/mol. The predicted molar refractivity (Wildman–Crippen MR) is 80.5 cm³/mol. The van der Waals surface area contributed by atoms with Crippen LogP contribution in [-0.2, 0) is 0 Å². The Kier molecular flexibility index (Phi) is 5.60. The summed E-state index contributed by atoms with van der Waals surface area (Å²) in [6, 6.07) is 9.60. The molecule has 1 aromatic carbocycles. The van der Waals surface area contributed by atoms with E-state index in [0.29, 0.717) is 17.9 Å². The van der Waals surface area contributed by atoms with Crippen molar-refractivity contribution in [3.05, 3.63) is 29.8 Å². The molecule has 0 aliphatic heterocycles. The van der Waals surface area contributed by atoms with Gasteiger partial charge < -0.3 is 4.74 Å². The smallest absolute Gasteiger partial charge is 0.137 e. The van der Waals surface area contributed by atoms with Crippen molar-refractivity contribution in [2.45, 2.75) is 37.9 Å². The summed E-state index contributed by atoms with van der Waals surface area (Å²) in [4.78, 5) is 0. The first kappa shape index (κ1) is 14.3. The van der Waals surface area contributed by atoms with Crippen LogP contribution in [0.15, 0.2) is 24.3 Å². The molecule has 1 saturated carbocycles. The van der Waals surface area contributed by atoms with Crippen LogP contribution in [0.1, 0.15) is 38.2 Å². The molecule has 0 N–H and O–H groups in total. The minimum Gasteiger partial charge on any atom is -0.491 e. The second-order valence-corrected chi connectivity index (χ2v) is 6.63. The van der Waals surface area contributed by atoms with Crippen LogP contribution in [0.25, 0.3) is 0 Å². The Labute approximate surface area is 120 Å². The van der Waals surface area contributed by atoms with Crippen molar-refractivity contribution in [3.63, 3.8) is 0 Å². The van der Waals surface area contributed by atoms with E-state index in [0.717, 1.165) is 16.9 Å². The first-order valence-corrected chi connectivity index (χ1v) is 8.08. The summed E-state index contributed by atoms with van der Waals surface area (Å²) in [7, 11) is 0. The summed E-state index contributed by atoms with van der Waals surface area (Å²) < 4.78 is 5.70. The van der Waals surface area contributed by atoms with Gasteiger partial charge in [0.1, 0.15) is 11.8 Å². The molecule has 0 radical (unpaired) electrons. The van der Waals surface area contributed by atoms with E-state index < -0.39 is 0 Å². The highest BCUT2D eigenvalue weighted by Crippen LogP contribution is 2.31. The van der Waals surface area contributed by atoms with E-state index in [-0.39, 0.29) is 0 Å². The lowest BCUT2D eigenvalue weighted by Crippen LogP contribution is -2.16. The van der Waals surface area contributed by atoms with Gasteiger partial charge >= 0.3 is 0 Å². The van der Waals surface area contributed by atoms with Gasteiger partial charge in [0.05, 0.1) is 12.2 Å². The molecular formula is C16H21NOS. The highest BCUT2D eigenvalue weighted by atomic mass is 32.2. The van der Waals surface area contributed by atoms with Crippen LogP contribution in [0.2, 0.25) is 0 Å². The molecule has 0 aromatic heterocycles. The van der Waals surface area contributed by atoms with Crippen LogP contribution in [0.4, 0.5) is 0 Å². The third kappa shape index (κ3) is 4.47. The molecule has 19 heavy (non-hydrogen) atoms. The third-order valence-electron chi connectivity index (χ3n) is 3.59. The number of benzene rings is 1. The number of rotatable bonds is 5. The highest BCUT2D eigenvalue weighted by Gasteiger charge is 2.18. The molecule has 1 aliphatic rings. The Balaban J connectivity index is 1.70. The average molecular weight is 275 g/mol. The van der Waals surface area contributed by atoms with Gasteiger partial charge in [-0.3, -0.25) is 0 Å². The van der Waals surface area contributed by atoms with Crippen LogP contribution in [0, 0.1) is 17.2 Å². The maximum absolute atomic E-state index is 8.97. The normalized spacial score (nSPS) is 22.7. The molecule has 1 aliphatic carbocycles. The van der Waals surface area contributed by atoms with Gasteiger partial charge in [0.15, 0.2) is 0 Å². The Morgan fingerprint density at radius 2 is 2.21 bits per heavy atom. The minimum atomic E-state index is 0.624. The number of nitrogens with zero attached hydrogens (tertiary/aromatic N) is 1. The van der Waals surface area contributed by atoms with Gasteiger partial charge in [0.25, 0.3) is 0 Å². The van der Waals surface area contributed by atoms with E-state index in [2.05, 4.69) is 13.0 Å². The van der Waals surface area contributed by atoms with E-state index in [1.807, 2.05) is 30.0 Å². The van der Waals surface area contributed by atoms with Crippen molar-refractivity contribution < 1.29 is 4.74 Å². The van der Waals surface area contributed by atoms with E-state index in [1.54, 1.807) is 6.07 Å². The second-order valence-electron chi connectivity index (χ2n) is 5.22. The fourth-order valence-electron chi connectivity index (χ4n) is 2.58. The molecule has 0 saturated heterocycles. The van der Waals surface area contributed by atoms with Crippen LogP contribution in [0.3, 0.4) is 0 Å². The van der Waals surface area contributed by atoms with Crippen LogP contribution in [0.5, 0.6) is 5.75 Å². The van der Waals surface area contributed by atoms with Gasteiger partial charge in [-0.25, -0.2) is 0 Å². The molecule has 2 rings (SSSR count). The molecule has 0 bridgehead atoms. The molecule has 2 nitrogen and oxygen atoms in total. The SMILES string of the molecule is CC1CCCC(SCCOc2ccccc2C#N)C1. The quantitative estimate of drug-likeness (QED) is 0.753. The number of ether oxygens (including phenoxy) is 1. The van der Waals surface area contributed by atoms with E-state index in [1.165, 1.54) is 25.7 Å². The predicted octanol–water partition coefficient (Wildman–Crippen LogP) is 4.25. The zero-order valence-electron chi connectivity index (χ0n) is 11.5. The van der Waals surface area contributed by atoms with Crippen LogP contribution >= 0.6 is 11.8 Å². The van der Waals surface area contributed by atoms with Crippen molar-refractivity contribution >= 4 is 11.8 Å². The highest BCUT2D eigenvalue weighted by molar-refractivity contribution is 7.99. The lowest BCUT2D eigenvalue weighted by atomic mass is 9.91. The van der Waals surface area contributed by atoms with Crippen molar-refractivity contribution in [2.75, 3.05) is 12.4 Å². The molecule has 0 spiro atoms. The second kappa shape index (κ2) is 7.45. The summed E-state index contributed by atoms with van der Waals surface area (Å²) in [5.74, 6) is 2.60. The van der Waals surface area contributed by atoms with Gasteiger partial charge in [-0.1, -0.05) is 31.9 Å². The Bertz CT molecular complexity index is 441. The van der Waals surface area contributed by atoms with Gasteiger partial charge in [-0.15, -0.1) is 0 Å². The number of thioether (sulfide) groups is 1. The maximum atomic E-state index is 8.97. The summed E-state index contributed by atoms with van der Waals surface area (Å²) in [5, 5.41) is 9.78. The monoisotopic (exact) mass is 275 g/mol.